The second kappa shape index (κ2) is 14.0. The summed E-state index contributed by atoms with van der Waals surface area (Å²) in [5, 5.41) is 37.7. The number of amides is 2. The SMILES string of the molecule is CCC1=C([C@H](O)CC/C(=C/c2ccc(O)c3ccccc23)CC)[C@H](CO)[C@@H]2C(=O)N(c3ccc(Nc4ccccc4)cc3)C(=O)[C@@H]2C1. The van der Waals surface area contributed by atoms with E-state index in [-0.39, 0.29) is 24.2 Å². The van der Waals surface area contributed by atoms with Crippen LogP contribution in [0, 0.1) is 17.8 Å². The molecule has 1 saturated heterocycles. The number of phenolic OH excluding ortho intramolecular Hbond substituents is 1. The molecule has 1 aliphatic carbocycles. The first-order valence-electron chi connectivity index (χ1n) is 16.5. The molecule has 1 heterocycles. The topological polar surface area (TPSA) is 110 Å². The van der Waals surface area contributed by atoms with Crippen molar-refractivity contribution in [1.82, 2.24) is 0 Å². The lowest BCUT2D eigenvalue weighted by atomic mass is 9.67. The predicted molar refractivity (Wildman–Crippen MR) is 187 cm³/mol. The van der Waals surface area contributed by atoms with E-state index in [1.54, 1.807) is 18.2 Å². The summed E-state index contributed by atoms with van der Waals surface area (Å²) in [6.07, 6.45) is 4.15. The van der Waals surface area contributed by atoms with Crippen molar-refractivity contribution in [2.24, 2.45) is 17.8 Å². The van der Waals surface area contributed by atoms with E-state index in [1.165, 1.54) is 4.90 Å². The minimum atomic E-state index is -0.852. The van der Waals surface area contributed by atoms with Crippen LogP contribution in [-0.2, 0) is 9.59 Å². The summed E-state index contributed by atoms with van der Waals surface area (Å²) in [7, 11) is 0. The lowest BCUT2D eigenvalue weighted by Gasteiger charge is -2.36. The molecule has 1 aliphatic heterocycles. The number of carbonyl (C=O) groups is 2. The van der Waals surface area contributed by atoms with Crippen LogP contribution in [0.5, 0.6) is 5.75 Å². The van der Waals surface area contributed by atoms with Gasteiger partial charge in [-0.2, -0.15) is 0 Å². The highest BCUT2D eigenvalue weighted by Crippen LogP contribution is 2.48. The Hall–Kier alpha value is -4.72. The van der Waals surface area contributed by atoms with Gasteiger partial charge in [-0.25, -0.2) is 0 Å². The molecule has 242 valence electrons. The van der Waals surface area contributed by atoms with Gasteiger partial charge in [0.15, 0.2) is 0 Å². The molecule has 1 fully saturated rings. The molecule has 0 unspecified atom stereocenters. The number of nitrogens with zero attached hydrogens (tertiary/aromatic N) is 1. The molecule has 4 aromatic carbocycles. The second-order valence-corrected chi connectivity index (χ2v) is 12.5. The molecule has 0 aromatic heterocycles. The van der Waals surface area contributed by atoms with Gasteiger partial charge < -0.3 is 20.6 Å². The molecule has 4 aromatic rings. The van der Waals surface area contributed by atoms with Gasteiger partial charge in [0.05, 0.1) is 30.2 Å². The number of hydrogen-bond donors (Lipinski definition) is 4. The van der Waals surface area contributed by atoms with E-state index in [1.807, 2.05) is 79.7 Å². The van der Waals surface area contributed by atoms with Crippen LogP contribution in [0.3, 0.4) is 0 Å². The Morgan fingerprint density at radius 1 is 0.894 bits per heavy atom. The summed E-state index contributed by atoms with van der Waals surface area (Å²) in [5.41, 5.74) is 6.10. The number of phenols is 1. The van der Waals surface area contributed by atoms with E-state index in [0.29, 0.717) is 36.9 Å². The van der Waals surface area contributed by atoms with Crippen molar-refractivity contribution in [3.8, 4) is 5.75 Å². The first-order chi connectivity index (χ1) is 22.8. The van der Waals surface area contributed by atoms with E-state index in [2.05, 4.69) is 18.3 Å². The van der Waals surface area contributed by atoms with Gasteiger partial charge in [-0.15, -0.1) is 0 Å². The number of fused-ring (bicyclic) bond motifs is 2. The lowest BCUT2D eigenvalue weighted by molar-refractivity contribution is -0.123. The average Bonchev–Trinajstić information content (AvgIpc) is 3.35. The van der Waals surface area contributed by atoms with E-state index in [4.69, 9.17) is 0 Å². The molecule has 4 N–H and O–H groups in total. The van der Waals surface area contributed by atoms with Crippen LogP contribution in [0.1, 0.15) is 51.5 Å². The summed E-state index contributed by atoms with van der Waals surface area (Å²) in [6.45, 7) is 3.77. The summed E-state index contributed by atoms with van der Waals surface area (Å²) in [5.74, 6) is -2.25. The quantitative estimate of drug-likeness (QED) is 0.0997. The maximum atomic E-state index is 14.0. The third-order valence-corrected chi connectivity index (χ3v) is 9.84. The molecule has 7 nitrogen and oxygen atoms in total. The molecule has 2 aliphatic rings. The first kappa shape index (κ1) is 32.2. The lowest BCUT2D eigenvalue weighted by Crippen LogP contribution is -2.39. The summed E-state index contributed by atoms with van der Waals surface area (Å²) in [4.78, 5) is 29.0. The van der Waals surface area contributed by atoms with E-state index >= 15 is 0 Å². The third-order valence-electron chi connectivity index (χ3n) is 9.84. The Balaban J connectivity index is 1.20. The van der Waals surface area contributed by atoms with Crippen molar-refractivity contribution < 1.29 is 24.9 Å². The van der Waals surface area contributed by atoms with Crippen molar-refractivity contribution in [1.29, 1.82) is 0 Å². The Morgan fingerprint density at radius 2 is 1.57 bits per heavy atom. The highest BCUT2D eigenvalue weighted by atomic mass is 16.3. The van der Waals surface area contributed by atoms with Crippen LogP contribution >= 0.6 is 0 Å². The zero-order valence-electron chi connectivity index (χ0n) is 26.9. The zero-order valence-corrected chi connectivity index (χ0v) is 26.9. The maximum Gasteiger partial charge on any atom is 0.238 e. The number of imide groups is 1. The Kier molecular flexibility index (Phi) is 9.57. The van der Waals surface area contributed by atoms with Gasteiger partial charge >= 0.3 is 0 Å². The van der Waals surface area contributed by atoms with Crippen molar-refractivity contribution in [3.05, 3.63) is 113 Å². The smallest absolute Gasteiger partial charge is 0.238 e. The molecule has 0 bridgehead atoms. The van der Waals surface area contributed by atoms with E-state index in [0.717, 1.165) is 45.3 Å². The van der Waals surface area contributed by atoms with Gasteiger partial charge in [0.1, 0.15) is 5.75 Å². The third kappa shape index (κ3) is 6.33. The molecule has 47 heavy (non-hydrogen) atoms. The van der Waals surface area contributed by atoms with Crippen LogP contribution in [0.25, 0.3) is 16.8 Å². The number of aromatic hydroxyl groups is 1. The number of carbonyl (C=O) groups excluding carboxylic acids is 2. The van der Waals surface area contributed by atoms with E-state index in [9.17, 15) is 24.9 Å². The second-order valence-electron chi connectivity index (χ2n) is 12.5. The van der Waals surface area contributed by atoms with Gasteiger partial charge in [0.2, 0.25) is 11.8 Å². The van der Waals surface area contributed by atoms with Crippen molar-refractivity contribution in [2.75, 3.05) is 16.8 Å². The molecule has 7 heteroatoms. The summed E-state index contributed by atoms with van der Waals surface area (Å²) < 4.78 is 0. The Labute approximate surface area is 275 Å². The van der Waals surface area contributed by atoms with Crippen molar-refractivity contribution >= 4 is 45.7 Å². The van der Waals surface area contributed by atoms with Gasteiger partial charge in [-0.3, -0.25) is 14.5 Å². The number of benzene rings is 4. The number of aliphatic hydroxyl groups is 2. The average molecular weight is 631 g/mol. The highest BCUT2D eigenvalue weighted by molar-refractivity contribution is 6.22. The maximum absolute atomic E-state index is 14.0. The fourth-order valence-corrected chi connectivity index (χ4v) is 7.42. The minimum Gasteiger partial charge on any atom is -0.507 e. The molecule has 2 amide bonds. The number of para-hydroxylation sites is 1. The summed E-state index contributed by atoms with van der Waals surface area (Å²) >= 11 is 0. The molecule has 4 atom stereocenters. The predicted octanol–water partition coefficient (Wildman–Crippen LogP) is 7.75. The number of hydrogen-bond acceptors (Lipinski definition) is 6. The molecule has 0 spiro atoms. The molecule has 0 saturated carbocycles. The minimum absolute atomic E-state index is 0.242. The van der Waals surface area contributed by atoms with Gasteiger partial charge in [-0.1, -0.05) is 79.6 Å². The number of aliphatic hydroxyl groups excluding tert-OH is 2. The van der Waals surface area contributed by atoms with Crippen LogP contribution in [-0.4, -0.2) is 39.8 Å². The fourth-order valence-electron chi connectivity index (χ4n) is 7.42. The Morgan fingerprint density at radius 3 is 2.26 bits per heavy atom. The largest absolute Gasteiger partial charge is 0.507 e. The van der Waals surface area contributed by atoms with Crippen LogP contribution in [0.2, 0.25) is 0 Å². The fraction of sp³-hybridized carbons (Fsp3) is 0.300. The molecule has 6 rings (SSSR count). The molecular weight excluding hydrogens is 588 g/mol. The van der Waals surface area contributed by atoms with Crippen LogP contribution < -0.4 is 10.2 Å². The van der Waals surface area contributed by atoms with Gasteiger partial charge in [-0.05, 0) is 91.1 Å². The number of anilines is 3. The number of nitrogens with one attached hydrogen (secondary N) is 1. The summed E-state index contributed by atoms with van der Waals surface area (Å²) in [6, 6.07) is 28.3. The van der Waals surface area contributed by atoms with Crippen molar-refractivity contribution in [2.45, 2.75) is 52.1 Å². The normalized spacial score (nSPS) is 20.6. The molecule has 0 radical (unpaired) electrons. The van der Waals surface area contributed by atoms with Crippen LogP contribution in [0.4, 0.5) is 17.1 Å². The molecular formula is C40H42N2O5. The van der Waals surface area contributed by atoms with Crippen LogP contribution in [0.15, 0.2) is 108 Å². The number of rotatable bonds is 11. The highest BCUT2D eigenvalue weighted by Gasteiger charge is 2.55. The number of allylic oxidation sites excluding steroid dienone is 2. The zero-order chi connectivity index (χ0) is 33.1. The standard InChI is InChI=1S/C40H42N2O5/c1-3-25(22-27-15-21-35(44)32-13-9-8-12-31(27)32)14-20-36(45)37-26(4-2)23-33-38(34(37)24-43)40(47)42(39(33)46)30-18-16-29(17-19-30)41-28-10-6-5-7-11-28/h5-13,15-19,21-22,33-34,36,38,41,43-45H,3-4,14,20,23-24H2,1-2H3/b25-22+/t33-,34+,36-,38-/m1/s1. The first-order valence-corrected chi connectivity index (χ1v) is 16.5. The monoisotopic (exact) mass is 630 g/mol. The van der Waals surface area contributed by atoms with Gasteiger partial charge in [0, 0.05) is 22.7 Å². The Bertz CT molecular complexity index is 1830. The van der Waals surface area contributed by atoms with E-state index < -0.39 is 23.9 Å². The van der Waals surface area contributed by atoms with Crippen molar-refractivity contribution in [3.63, 3.8) is 0 Å². The van der Waals surface area contributed by atoms with Gasteiger partial charge in [0.25, 0.3) is 0 Å².